The van der Waals surface area contributed by atoms with Crippen molar-refractivity contribution in [1.82, 2.24) is 0 Å². The maximum atomic E-state index is 2.86. The highest BCUT2D eigenvalue weighted by Gasteiger charge is 2.59. The fourth-order valence-corrected chi connectivity index (χ4v) is 17.7. The Labute approximate surface area is 190 Å². The van der Waals surface area contributed by atoms with Crippen LogP contribution in [-0.2, 0) is 0 Å². The van der Waals surface area contributed by atoms with Gasteiger partial charge in [0.05, 0.1) is 8.07 Å². The van der Waals surface area contributed by atoms with E-state index in [1.54, 1.807) is 32.1 Å². The van der Waals surface area contributed by atoms with Gasteiger partial charge < -0.3 is 0 Å². The highest BCUT2D eigenvalue weighted by Crippen LogP contribution is 2.65. The lowest BCUT2D eigenvalue weighted by Gasteiger charge is -2.49. The average Bonchev–Trinajstić information content (AvgIpc) is 3.13. The third-order valence-corrected chi connectivity index (χ3v) is 17.8. The maximum Gasteiger partial charge on any atom is 0.0546 e. The molecule has 12 atom stereocenters. The van der Waals surface area contributed by atoms with E-state index in [1.807, 2.05) is 0 Å². The molecular formula is C29H54Si. The van der Waals surface area contributed by atoms with Crippen LogP contribution in [0.5, 0.6) is 0 Å². The van der Waals surface area contributed by atoms with E-state index in [1.165, 1.54) is 12.8 Å². The molecule has 4 aliphatic carbocycles. The number of rotatable bonds is 3. The topological polar surface area (TPSA) is 0 Å². The molecule has 4 rings (SSSR count). The van der Waals surface area contributed by atoms with Crippen molar-refractivity contribution < 1.29 is 0 Å². The predicted molar refractivity (Wildman–Crippen MR) is 135 cm³/mol. The molecule has 0 aromatic carbocycles. The summed E-state index contributed by atoms with van der Waals surface area (Å²) in [5, 5.41) is 0. The zero-order valence-electron chi connectivity index (χ0n) is 22.0. The molecule has 1 heteroatoms. The van der Waals surface area contributed by atoms with Crippen LogP contribution < -0.4 is 0 Å². The molecule has 0 spiro atoms. The molecule has 4 aliphatic rings. The van der Waals surface area contributed by atoms with Crippen molar-refractivity contribution in [3.8, 4) is 0 Å². The average molecular weight is 431 g/mol. The Morgan fingerprint density at radius 3 is 1.73 bits per heavy atom. The quantitative estimate of drug-likeness (QED) is 0.391. The Hall–Kier alpha value is 0.217. The summed E-state index contributed by atoms with van der Waals surface area (Å²) in [4.78, 5) is 0. The Bertz CT molecular complexity index is 581. The van der Waals surface area contributed by atoms with E-state index in [2.05, 4.69) is 61.6 Å². The van der Waals surface area contributed by atoms with Crippen molar-refractivity contribution in [3.63, 3.8) is 0 Å². The standard InChI is InChI=1S/C29H54Si/c1-17-13-14-18(2)26(15-17)24-11-10-12-25-27(24)16-19(3)28(25)30(8,9)29-22(6)20(4)21(5)23(29)7/h17-29H,10-16H2,1-9H3. The van der Waals surface area contributed by atoms with Gasteiger partial charge in [-0.05, 0) is 95.4 Å². The lowest BCUT2D eigenvalue weighted by Crippen LogP contribution is -2.47. The van der Waals surface area contributed by atoms with Gasteiger partial charge in [-0.2, -0.15) is 0 Å². The van der Waals surface area contributed by atoms with Crippen molar-refractivity contribution in [2.45, 2.75) is 118 Å². The fraction of sp³-hybridized carbons (Fsp3) is 1.00. The normalized spacial score (nSPS) is 54.9. The van der Waals surface area contributed by atoms with Gasteiger partial charge in [-0.25, -0.2) is 0 Å². The Balaban J connectivity index is 1.59. The molecule has 0 nitrogen and oxygen atoms in total. The smallest absolute Gasteiger partial charge is 0.0546 e. The highest BCUT2D eigenvalue weighted by molar-refractivity contribution is 6.80. The second-order valence-corrected chi connectivity index (χ2v) is 19.0. The molecule has 0 aliphatic heterocycles. The summed E-state index contributed by atoms with van der Waals surface area (Å²) in [6, 6.07) is 0. The molecule has 30 heavy (non-hydrogen) atoms. The summed E-state index contributed by atoms with van der Waals surface area (Å²) >= 11 is 0. The second-order valence-electron chi connectivity index (χ2n) is 14.0. The van der Waals surface area contributed by atoms with Crippen LogP contribution in [0, 0.1) is 65.1 Å². The van der Waals surface area contributed by atoms with Crippen LogP contribution in [0.1, 0.15) is 93.4 Å². The molecule has 0 aromatic rings. The van der Waals surface area contributed by atoms with Gasteiger partial charge in [0.15, 0.2) is 0 Å². The van der Waals surface area contributed by atoms with Gasteiger partial charge in [0, 0.05) is 0 Å². The summed E-state index contributed by atoms with van der Waals surface area (Å²) in [6.45, 7) is 24.0. The van der Waals surface area contributed by atoms with Gasteiger partial charge in [-0.1, -0.05) is 87.2 Å². The van der Waals surface area contributed by atoms with Crippen molar-refractivity contribution in [2.24, 2.45) is 65.1 Å². The summed E-state index contributed by atoms with van der Waals surface area (Å²) in [5.41, 5.74) is 2.14. The molecule has 174 valence electrons. The number of hydrogen-bond donors (Lipinski definition) is 0. The van der Waals surface area contributed by atoms with Gasteiger partial charge in [0.1, 0.15) is 0 Å². The first-order valence-corrected chi connectivity index (χ1v) is 17.2. The minimum atomic E-state index is -1.33. The molecule has 0 radical (unpaired) electrons. The van der Waals surface area contributed by atoms with Crippen molar-refractivity contribution >= 4 is 8.07 Å². The SMILES string of the molecule is CC1CCC(C)C(C2CCCC3C2CC(C)C3[Si](C)(C)C2C(C)C(C)C(C)C2C)C1. The monoisotopic (exact) mass is 430 g/mol. The fourth-order valence-electron chi connectivity index (χ4n) is 10.8. The van der Waals surface area contributed by atoms with E-state index in [0.29, 0.717) is 0 Å². The summed E-state index contributed by atoms with van der Waals surface area (Å²) in [5.74, 6) is 11.0. The lowest BCUT2D eigenvalue weighted by atomic mass is 9.61. The summed E-state index contributed by atoms with van der Waals surface area (Å²) in [6.07, 6.45) is 10.8. The molecule has 0 bridgehead atoms. The van der Waals surface area contributed by atoms with Crippen LogP contribution in [0.2, 0.25) is 24.2 Å². The largest absolute Gasteiger partial charge is 0.0689 e. The van der Waals surface area contributed by atoms with Crippen LogP contribution >= 0.6 is 0 Å². The first kappa shape index (κ1) is 23.4. The van der Waals surface area contributed by atoms with Gasteiger partial charge in [-0.15, -0.1) is 0 Å². The second kappa shape index (κ2) is 8.53. The molecule has 0 heterocycles. The third kappa shape index (κ3) is 3.69. The lowest BCUT2D eigenvalue weighted by molar-refractivity contribution is 0.0510. The molecule has 4 saturated carbocycles. The van der Waals surface area contributed by atoms with Crippen molar-refractivity contribution in [2.75, 3.05) is 0 Å². The zero-order chi connectivity index (χ0) is 22.0. The van der Waals surface area contributed by atoms with Crippen LogP contribution in [0.15, 0.2) is 0 Å². The van der Waals surface area contributed by atoms with Crippen molar-refractivity contribution in [1.29, 1.82) is 0 Å². The van der Waals surface area contributed by atoms with E-state index in [9.17, 15) is 0 Å². The first-order chi connectivity index (χ1) is 14.1. The van der Waals surface area contributed by atoms with E-state index >= 15 is 0 Å². The Morgan fingerprint density at radius 2 is 1.10 bits per heavy atom. The van der Waals surface area contributed by atoms with Crippen LogP contribution in [0.3, 0.4) is 0 Å². The number of hydrogen-bond acceptors (Lipinski definition) is 0. The van der Waals surface area contributed by atoms with Crippen molar-refractivity contribution in [3.05, 3.63) is 0 Å². The van der Waals surface area contributed by atoms with Crippen LogP contribution in [0.25, 0.3) is 0 Å². The number of fused-ring (bicyclic) bond motifs is 1. The molecule has 0 amide bonds. The highest BCUT2D eigenvalue weighted by atomic mass is 28.3. The van der Waals surface area contributed by atoms with Crippen LogP contribution in [-0.4, -0.2) is 8.07 Å². The zero-order valence-corrected chi connectivity index (χ0v) is 23.0. The van der Waals surface area contributed by atoms with E-state index < -0.39 is 8.07 Å². The molecule has 4 fully saturated rings. The third-order valence-electron chi connectivity index (χ3n) is 12.3. The molecule has 12 unspecified atom stereocenters. The minimum Gasteiger partial charge on any atom is -0.0689 e. The van der Waals surface area contributed by atoms with Crippen LogP contribution in [0.4, 0.5) is 0 Å². The Morgan fingerprint density at radius 1 is 0.500 bits per heavy atom. The molecule has 0 aromatic heterocycles. The molecule has 0 N–H and O–H groups in total. The van der Waals surface area contributed by atoms with Gasteiger partial charge in [0.25, 0.3) is 0 Å². The van der Waals surface area contributed by atoms with Gasteiger partial charge in [-0.3, -0.25) is 0 Å². The summed E-state index contributed by atoms with van der Waals surface area (Å²) in [7, 11) is -1.33. The maximum absolute atomic E-state index is 2.86. The minimum absolute atomic E-state index is 0.924. The first-order valence-electron chi connectivity index (χ1n) is 14.1. The van der Waals surface area contributed by atoms with E-state index in [4.69, 9.17) is 0 Å². The molecular weight excluding hydrogens is 376 g/mol. The van der Waals surface area contributed by atoms with E-state index in [-0.39, 0.29) is 0 Å². The van der Waals surface area contributed by atoms with Gasteiger partial charge >= 0.3 is 0 Å². The van der Waals surface area contributed by atoms with E-state index in [0.717, 1.165) is 76.2 Å². The summed E-state index contributed by atoms with van der Waals surface area (Å²) < 4.78 is 0. The van der Waals surface area contributed by atoms with Gasteiger partial charge in [0.2, 0.25) is 0 Å². The predicted octanol–water partition coefficient (Wildman–Crippen LogP) is 9.14. The Kier molecular flexibility index (Phi) is 6.65. The molecule has 0 saturated heterocycles.